The number of carbonyl (C=O) groups is 1. The fourth-order valence-corrected chi connectivity index (χ4v) is 2.27. The number of hydrogen-bond acceptors (Lipinski definition) is 2. The number of hydrogen-bond donors (Lipinski definition) is 2. The van der Waals surface area contributed by atoms with Gasteiger partial charge in [0, 0.05) is 5.69 Å². The van der Waals surface area contributed by atoms with Gasteiger partial charge in [0.2, 0.25) is 5.91 Å². The van der Waals surface area contributed by atoms with Gasteiger partial charge in [-0.2, -0.15) is 0 Å². The number of carbonyl (C=O) groups excluding carboxylic acids is 1. The monoisotopic (exact) mass is 233 g/mol. The summed E-state index contributed by atoms with van der Waals surface area (Å²) in [6.07, 6.45) is 3.51. The Hall–Kier alpha value is -1.35. The number of anilines is 1. The molecule has 1 aliphatic rings. The summed E-state index contributed by atoms with van der Waals surface area (Å²) in [7, 11) is 0. The van der Waals surface area contributed by atoms with Crippen LogP contribution in [0.1, 0.15) is 31.7 Å². The fraction of sp³-hybridized carbons (Fsp3) is 0.500. The van der Waals surface area contributed by atoms with Crippen LogP contribution in [0, 0.1) is 5.41 Å². The molecule has 3 nitrogen and oxygen atoms in total. The van der Waals surface area contributed by atoms with Crippen molar-refractivity contribution in [3.63, 3.8) is 0 Å². The normalized spacial score (nSPS) is 17.3. The highest BCUT2D eigenvalue weighted by Gasteiger charge is 2.43. The first-order valence-corrected chi connectivity index (χ1v) is 6.22. The van der Waals surface area contributed by atoms with E-state index in [1.54, 1.807) is 0 Å². The predicted molar refractivity (Wildman–Crippen MR) is 67.8 cm³/mol. The van der Waals surface area contributed by atoms with Crippen LogP contribution in [0.25, 0.3) is 0 Å². The standard InChI is InChI=1S/C14H19NO2/c1-2-11-6-3-4-7-12(11)15-13(17)14(10-16)8-5-9-14/h3-4,6-7,16H,2,5,8-10H2,1H3,(H,15,17). The molecule has 0 aromatic heterocycles. The van der Waals surface area contributed by atoms with E-state index in [0.717, 1.165) is 36.9 Å². The molecular formula is C14H19NO2. The number of aryl methyl sites for hydroxylation is 1. The zero-order valence-electron chi connectivity index (χ0n) is 10.2. The van der Waals surface area contributed by atoms with Crippen molar-refractivity contribution >= 4 is 11.6 Å². The molecule has 1 aromatic rings. The topological polar surface area (TPSA) is 49.3 Å². The molecule has 1 fully saturated rings. The minimum absolute atomic E-state index is 0.0350. The first-order chi connectivity index (χ1) is 8.22. The number of para-hydroxylation sites is 1. The lowest BCUT2D eigenvalue weighted by Gasteiger charge is -2.38. The summed E-state index contributed by atoms with van der Waals surface area (Å²) in [5.74, 6) is -0.0350. The molecule has 0 atom stereocenters. The third kappa shape index (κ3) is 2.20. The molecule has 0 aliphatic heterocycles. The van der Waals surface area contributed by atoms with E-state index in [-0.39, 0.29) is 12.5 Å². The van der Waals surface area contributed by atoms with Crippen molar-refractivity contribution in [1.82, 2.24) is 0 Å². The number of aliphatic hydroxyl groups is 1. The zero-order chi connectivity index (χ0) is 12.3. The van der Waals surface area contributed by atoms with Crippen LogP contribution < -0.4 is 5.32 Å². The third-order valence-corrected chi connectivity index (χ3v) is 3.74. The van der Waals surface area contributed by atoms with E-state index in [1.165, 1.54) is 0 Å². The summed E-state index contributed by atoms with van der Waals surface area (Å²) < 4.78 is 0. The molecule has 0 radical (unpaired) electrons. The van der Waals surface area contributed by atoms with Crippen LogP contribution in [0.4, 0.5) is 5.69 Å². The van der Waals surface area contributed by atoms with Crippen LogP contribution in [-0.4, -0.2) is 17.6 Å². The zero-order valence-corrected chi connectivity index (χ0v) is 10.2. The predicted octanol–water partition coefficient (Wildman–Crippen LogP) is 2.35. The number of amides is 1. The van der Waals surface area contributed by atoms with E-state index in [2.05, 4.69) is 12.2 Å². The van der Waals surface area contributed by atoms with Crippen molar-refractivity contribution in [1.29, 1.82) is 0 Å². The summed E-state index contributed by atoms with van der Waals surface area (Å²) in [4.78, 5) is 12.1. The van der Waals surface area contributed by atoms with Gasteiger partial charge >= 0.3 is 0 Å². The summed E-state index contributed by atoms with van der Waals surface area (Å²) in [5.41, 5.74) is 1.48. The van der Waals surface area contributed by atoms with Crippen molar-refractivity contribution in [3.05, 3.63) is 29.8 Å². The van der Waals surface area contributed by atoms with E-state index >= 15 is 0 Å². The molecule has 92 valence electrons. The molecule has 0 bridgehead atoms. The van der Waals surface area contributed by atoms with Crippen molar-refractivity contribution in [2.75, 3.05) is 11.9 Å². The number of nitrogens with one attached hydrogen (secondary N) is 1. The van der Waals surface area contributed by atoms with Gasteiger partial charge in [-0.25, -0.2) is 0 Å². The van der Waals surface area contributed by atoms with Gasteiger partial charge in [0.05, 0.1) is 12.0 Å². The lowest BCUT2D eigenvalue weighted by atomic mass is 9.68. The molecule has 0 spiro atoms. The number of rotatable bonds is 4. The first-order valence-electron chi connectivity index (χ1n) is 6.22. The molecule has 2 rings (SSSR count). The summed E-state index contributed by atoms with van der Waals surface area (Å²) >= 11 is 0. The van der Waals surface area contributed by atoms with E-state index in [1.807, 2.05) is 24.3 Å². The summed E-state index contributed by atoms with van der Waals surface area (Å²) in [5, 5.41) is 12.3. The highest BCUT2D eigenvalue weighted by Crippen LogP contribution is 2.41. The van der Waals surface area contributed by atoms with Crippen molar-refractivity contribution in [2.45, 2.75) is 32.6 Å². The van der Waals surface area contributed by atoms with Gasteiger partial charge in [0.25, 0.3) is 0 Å². The molecule has 1 saturated carbocycles. The van der Waals surface area contributed by atoms with Crippen LogP contribution in [0.15, 0.2) is 24.3 Å². The SMILES string of the molecule is CCc1ccccc1NC(=O)C1(CO)CCC1. The summed E-state index contributed by atoms with van der Waals surface area (Å²) in [6.45, 7) is 2.02. The minimum Gasteiger partial charge on any atom is -0.395 e. The van der Waals surface area contributed by atoms with Crippen molar-refractivity contribution in [3.8, 4) is 0 Å². The lowest BCUT2D eigenvalue weighted by Crippen LogP contribution is -2.44. The maximum Gasteiger partial charge on any atom is 0.232 e. The van der Waals surface area contributed by atoms with Crippen molar-refractivity contribution < 1.29 is 9.90 Å². The molecule has 3 heteroatoms. The Morgan fingerprint density at radius 3 is 2.65 bits per heavy atom. The van der Waals surface area contributed by atoms with E-state index in [0.29, 0.717) is 0 Å². The Bertz CT molecular complexity index is 405. The molecule has 2 N–H and O–H groups in total. The molecule has 1 aromatic carbocycles. The third-order valence-electron chi connectivity index (χ3n) is 3.74. The second-order valence-electron chi connectivity index (χ2n) is 4.76. The van der Waals surface area contributed by atoms with Gasteiger partial charge < -0.3 is 10.4 Å². The Kier molecular flexibility index (Phi) is 3.48. The van der Waals surface area contributed by atoms with E-state index < -0.39 is 5.41 Å². The Labute approximate surface area is 102 Å². The Balaban J connectivity index is 2.12. The van der Waals surface area contributed by atoms with E-state index in [9.17, 15) is 9.90 Å². The minimum atomic E-state index is -0.527. The second-order valence-corrected chi connectivity index (χ2v) is 4.76. The maximum absolute atomic E-state index is 12.1. The van der Waals surface area contributed by atoms with Crippen LogP contribution in [0.3, 0.4) is 0 Å². The van der Waals surface area contributed by atoms with Crippen LogP contribution in [-0.2, 0) is 11.2 Å². The van der Waals surface area contributed by atoms with Crippen molar-refractivity contribution in [2.24, 2.45) is 5.41 Å². The molecule has 1 aliphatic carbocycles. The highest BCUT2D eigenvalue weighted by molar-refractivity contribution is 5.96. The first kappa shape index (κ1) is 12.1. The van der Waals surface area contributed by atoms with Gasteiger partial charge in [-0.15, -0.1) is 0 Å². The number of aliphatic hydroxyl groups excluding tert-OH is 1. The van der Waals surface area contributed by atoms with E-state index in [4.69, 9.17) is 0 Å². The second kappa shape index (κ2) is 4.88. The molecule has 17 heavy (non-hydrogen) atoms. The maximum atomic E-state index is 12.1. The smallest absolute Gasteiger partial charge is 0.232 e. The Morgan fingerprint density at radius 1 is 1.41 bits per heavy atom. The van der Waals surface area contributed by atoms with Crippen LogP contribution in [0.2, 0.25) is 0 Å². The average Bonchev–Trinajstić information content (AvgIpc) is 2.29. The molecule has 0 saturated heterocycles. The molecular weight excluding hydrogens is 214 g/mol. The van der Waals surface area contributed by atoms with Gasteiger partial charge in [0.1, 0.15) is 0 Å². The summed E-state index contributed by atoms with van der Waals surface area (Å²) in [6, 6.07) is 7.82. The van der Waals surface area contributed by atoms with Crippen LogP contribution in [0.5, 0.6) is 0 Å². The highest BCUT2D eigenvalue weighted by atomic mass is 16.3. The quantitative estimate of drug-likeness (QED) is 0.838. The van der Waals surface area contributed by atoms with Gasteiger partial charge in [0.15, 0.2) is 0 Å². The van der Waals surface area contributed by atoms with Gasteiger partial charge in [-0.1, -0.05) is 31.5 Å². The molecule has 1 amide bonds. The average molecular weight is 233 g/mol. The largest absolute Gasteiger partial charge is 0.395 e. The van der Waals surface area contributed by atoms with Gasteiger partial charge in [-0.3, -0.25) is 4.79 Å². The Morgan fingerprint density at radius 2 is 2.12 bits per heavy atom. The fourth-order valence-electron chi connectivity index (χ4n) is 2.27. The molecule has 0 heterocycles. The van der Waals surface area contributed by atoms with Gasteiger partial charge in [-0.05, 0) is 30.9 Å². The number of benzene rings is 1. The van der Waals surface area contributed by atoms with Crippen LogP contribution >= 0.6 is 0 Å². The lowest BCUT2D eigenvalue weighted by molar-refractivity contribution is -0.133. The molecule has 0 unspecified atom stereocenters.